The lowest BCUT2D eigenvalue weighted by Crippen LogP contribution is -2.57. The lowest BCUT2D eigenvalue weighted by molar-refractivity contribution is -0.159. The molecule has 3 amide bonds. The van der Waals surface area contributed by atoms with Crippen LogP contribution in [0.1, 0.15) is 57.8 Å². The molecule has 1 aliphatic carbocycles. The average Bonchev–Trinajstić information content (AvgIpc) is 2.41. The summed E-state index contributed by atoms with van der Waals surface area (Å²) in [7, 11) is 0. The number of hydrogen-bond donors (Lipinski definition) is 1. The van der Waals surface area contributed by atoms with Crippen LogP contribution in [0.2, 0.25) is 0 Å². The van der Waals surface area contributed by atoms with Crippen molar-refractivity contribution in [1.29, 1.82) is 0 Å². The first-order valence-electron chi connectivity index (χ1n) is 7.71. The molecule has 0 radical (unpaired) electrons. The molecule has 3 fully saturated rings. The van der Waals surface area contributed by atoms with Crippen LogP contribution in [0, 0.1) is 5.41 Å². The highest BCUT2D eigenvalue weighted by molar-refractivity contribution is 5.99. The first-order valence-corrected chi connectivity index (χ1v) is 7.71. The Morgan fingerprint density at radius 3 is 2.20 bits per heavy atom. The zero-order valence-corrected chi connectivity index (χ0v) is 11.8. The van der Waals surface area contributed by atoms with Gasteiger partial charge in [0.15, 0.2) is 0 Å². The van der Waals surface area contributed by atoms with Crippen molar-refractivity contribution in [2.24, 2.45) is 5.41 Å². The van der Waals surface area contributed by atoms with Gasteiger partial charge in [-0.05, 0) is 24.7 Å². The number of carbonyl (C=O) groups is 3. The van der Waals surface area contributed by atoms with Gasteiger partial charge in [0.1, 0.15) is 0 Å². The maximum Gasteiger partial charge on any atom is 0.230 e. The van der Waals surface area contributed by atoms with Gasteiger partial charge < -0.3 is 5.32 Å². The summed E-state index contributed by atoms with van der Waals surface area (Å²) in [5.74, 6) is -0.0319. The van der Waals surface area contributed by atoms with Gasteiger partial charge in [0.25, 0.3) is 0 Å². The Kier molecular flexibility index (Phi) is 3.52. The number of amides is 3. The topological polar surface area (TPSA) is 66.5 Å². The van der Waals surface area contributed by atoms with Crippen molar-refractivity contribution >= 4 is 17.7 Å². The molecule has 3 rings (SSSR count). The molecule has 1 atom stereocenters. The molecule has 5 nitrogen and oxygen atoms in total. The zero-order valence-electron chi connectivity index (χ0n) is 11.8. The molecule has 3 aliphatic rings. The van der Waals surface area contributed by atoms with Gasteiger partial charge in [-0.2, -0.15) is 0 Å². The first-order chi connectivity index (χ1) is 9.60. The fourth-order valence-electron chi connectivity index (χ4n) is 4.02. The van der Waals surface area contributed by atoms with E-state index in [9.17, 15) is 14.4 Å². The molecule has 20 heavy (non-hydrogen) atoms. The third-order valence-electron chi connectivity index (χ3n) is 5.11. The fraction of sp³-hybridized carbons (Fsp3) is 0.800. The quantitative estimate of drug-likeness (QED) is 0.737. The van der Waals surface area contributed by atoms with Gasteiger partial charge in [-0.25, -0.2) is 0 Å². The number of hydrogen-bond acceptors (Lipinski definition) is 3. The van der Waals surface area contributed by atoms with Crippen LogP contribution in [0.25, 0.3) is 0 Å². The van der Waals surface area contributed by atoms with E-state index in [0.717, 1.165) is 25.7 Å². The monoisotopic (exact) mass is 278 g/mol. The third-order valence-corrected chi connectivity index (χ3v) is 5.11. The molecule has 1 saturated carbocycles. The maximum atomic E-state index is 12.5. The highest BCUT2D eigenvalue weighted by Crippen LogP contribution is 2.45. The summed E-state index contributed by atoms with van der Waals surface area (Å²) < 4.78 is 0. The van der Waals surface area contributed by atoms with Crippen molar-refractivity contribution in [1.82, 2.24) is 10.2 Å². The number of likely N-dealkylation sites (tertiary alicyclic amines) is 1. The predicted molar refractivity (Wildman–Crippen MR) is 72.6 cm³/mol. The van der Waals surface area contributed by atoms with Crippen LogP contribution in [0.3, 0.4) is 0 Å². The Labute approximate surface area is 119 Å². The van der Waals surface area contributed by atoms with Crippen molar-refractivity contribution in [2.45, 2.75) is 63.8 Å². The normalized spacial score (nSPS) is 30.5. The second-order valence-corrected chi connectivity index (χ2v) is 6.57. The van der Waals surface area contributed by atoms with E-state index in [2.05, 4.69) is 5.32 Å². The molecule has 2 saturated heterocycles. The van der Waals surface area contributed by atoms with Crippen LogP contribution in [0.4, 0.5) is 0 Å². The minimum Gasteiger partial charge on any atom is -0.354 e. The number of rotatable bonds is 1. The van der Waals surface area contributed by atoms with Crippen molar-refractivity contribution in [3.05, 3.63) is 0 Å². The molecular formula is C15H22N2O3. The lowest BCUT2D eigenvalue weighted by Gasteiger charge is -2.45. The van der Waals surface area contributed by atoms with Gasteiger partial charge in [-0.3, -0.25) is 19.3 Å². The smallest absolute Gasteiger partial charge is 0.230 e. The van der Waals surface area contributed by atoms with Crippen LogP contribution in [-0.4, -0.2) is 35.2 Å². The Balaban J connectivity index is 1.70. The van der Waals surface area contributed by atoms with Crippen LogP contribution in [-0.2, 0) is 14.4 Å². The molecule has 0 aromatic rings. The molecule has 0 aromatic heterocycles. The summed E-state index contributed by atoms with van der Waals surface area (Å²) in [6.45, 7) is 0.420. The summed E-state index contributed by atoms with van der Waals surface area (Å²) in [6, 6.07) is -0.131. The van der Waals surface area contributed by atoms with Crippen molar-refractivity contribution in [2.75, 3.05) is 6.54 Å². The lowest BCUT2D eigenvalue weighted by atomic mass is 9.67. The average molecular weight is 278 g/mol. The summed E-state index contributed by atoms with van der Waals surface area (Å²) in [5, 5.41) is 2.76. The van der Waals surface area contributed by atoms with Crippen LogP contribution < -0.4 is 5.32 Å². The summed E-state index contributed by atoms with van der Waals surface area (Å²) >= 11 is 0. The van der Waals surface area contributed by atoms with Gasteiger partial charge in [-0.1, -0.05) is 19.3 Å². The van der Waals surface area contributed by atoms with Gasteiger partial charge in [0.05, 0.1) is 6.04 Å². The molecule has 0 aromatic carbocycles. The molecule has 2 aliphatic heterocycles. The number of piperidine rings is 2. The molecule has 1 unspecified atom stereocenters. The Hall–Kier alpha value is -1.39. The largest absolute Gasteiger partial charge is 0.354 e. The van der Waals surface area contributed by atoms with E-state index >= 15 is 0 Å². The van der Waals surface area contributed by atoms with E-state index in [4.69, 9.17) is 0 Å². The molecule has 1 spiro atoms. The summed E-state index contributed by atoms with van der Waals surface area (Å²) in [6.07, 6.45) is 7.58. The molecular weight excluding hydrogens is 256 g/mol. The zero-order chi connectivity index (χ0) is 14.2. The third kappa shape index (κ3) is 2.45. The number of nitrogens with one attached hydrogen (secondary N) is 1. The fourth-order valence-corrected chi connectivity index (χ4v) is 4.02. The summed E-state index contributed by atoms with van der Waals surface area (Å²) in [4.78, 5) is 37.5. The van der Waals surface area contributed by atoms with Gasteiger partial charge in [-0.15, -0.1) is 0 Å². The molecule has 110 valence electrons. The highest BCUT2D eigenvalue weighted by Gasteiger charge is 2.46. The number of imide groups is 1. The Bertz CT molecular complexity index is 410. The molecule has 5 heteroatoms. The first kappa shape index (κ1) is 13.6. The van der Waals surface area contributed by atoms with Crippen LogP contribution in [0.5, 0.6) is 0 Å². The SMILES string of the molecule is O=C1CCC(N2C(=O)CC3(CCCCC3)CC2=O)CN1. The van der Waals surface area contributed by atoms with Crippen molar-refractivity contribution < 1.29 is 14.4 Å². The van der Waals surface area contributed by atoms with Crippen molar-refractivity contribution in [3.63, 3.8) is 0 Å². The maximum absolute atomic E-state index is 12.5. The molecule has 1 N–H and O–H groups in total. The van der Waals surface area contributed by atoms with E-state index in [0.29, 0.717) is 32.2 Å². The second kappa shape index (κ2) is 5.19. The summed E-state index contributed by atoms with van der Waals surface area (Å²) in [5.41, 5.74) is -0.0547. The molecule has 2 heterocycles. The van der Waals surface area contributed by atoms with E-state index in [1.807, 2.05) is 0 Å². The minimum absolute atomic E-state index is 0.0157. The highest BCUT2D eigenvalue weighted by atomic mass is 16.2. The minimum atomic E-state index is -0.131. The van der Waals surface area contributed by atoms with Gasteiger partial charge in [0.2, 0.25) is 17.7 Å². The van der Waals surface area contributed by atoms with E-state index in [1.54, 1.807) is 0 Å². The van der Waals surface area contributed by atoms with Gasteiger partial charge in [0, 0.05) is 25.8 Å². The second-order valence-electron chi connectivity index (χ2n) is 6.57. The Morgan fingerprint density at radius 1 is 1.00 bits per heavy atom. The number of nitrogens with zero attached hydrogens (tertiary/aromatic N) is 1. The predicted octanol–water partition coefficient (Wildman–Crippen LogP) is 1.36. The standard InChI is InChI=1S/C15H22N2O3/c18-12-5-4-11(10-16-12)17-13(19)8-15(9-14(17)20)6-2-1-3-7-15/h11H,1-10H2,(H,16,18). The van der Waals surface area contributed by atoms with Crippen molar-refractivity contribution in [3.8, 4) is 0 Å². The van der Waals surface area contributed by atoms with Gasteiger partial charge >= 0.3 is 0 Å². The molecule has 0 bridgehead atoms. The van der Waals surface area contributed by atoms with E-state index in [1.165, 1.54) is 11.3 Å². The van der Waals surface area contributed by atoms with E-state index < -0.39 is 0 Å². The van der Waals surface area contributed by atoms with Crippen LogP contribution in [0.15, 0.2) is 0 Å². The van der Waals surface area contributed by atoms with E-state index in [-0.39, 0.29) is 29.2 Å². The number of carbonyl (C=O) groups excluding carboxylic acids is 3. The van der Waals surface area contributed by atoms with Crippen LogP contribution >= 0.6 is 0 Å². The Morgan fingerprint density at radius 2 is 1.65 bits per heavy atom.